The Morgan fingerprint density at radius 2 is 1.85 bits per heavy atom. The van der Waals surface area contributed by atoms with E-state index in [1.807, 2.05) is 23.1 Å². The van der Waals surface area contributed by atoms with Crippen LogP contribution in [0.5, 0.6) is 0 Å². The van der Waals surface area contributed by atoms with Crippen LogP contribution in [0.25, 0.3) is 16.7 Å². The third kappa shape index (κ3) is 4.13. The van der Waals surface area contributed by atoms with Crippen molar-refractivity contribution in [3.8, 4) is 11.8 Å². The predicted molar refractivity (Wildman–Crippen MR) is 142 cm³/mol. The summed E-state index contributed by atoms with van der Waals surface area (Å²) < 4.78 is 57.2. The molecule has 2 aromatic heterocycles. The number of nitrogens with zero attached hydrogens (tertiary/aromatic N) is 5. The van der Waals surface area contributed by atoms with Gasteiger partial charge in [0.1, 0.15) is 22.9 Å². The number of hydrogen-bond acceptors (Lipinski definition) is 5. The Hall–Kier alpha value is -4.20. The highest BCUT2D eigenvalue weighted by molar-refractivity contribution is 5.94. The number of aryl methyl sites for hydroxylation is 1. The molecule has 2 aliphatic rings. The van der Waals surface area contributed by atoms with Crippen LogP contribution in [0.15, 0.2) is 36.4 Å². The first kappa shape index (κ1) is 26.0. The maximum Gasteiger partial charge on any atom is 0.403 e. The molecule has 0 unspecified atom stereocenters. The second kappa shape index (κ2) is 8.91. The third-order valence-electron chi connectivity index (χ3n) is 7.64. The van der Waals surface area contributed by atoms with E-state index in [0.717, 1.165) is 17.7 Å². The minimum atomic E-state index is -4.59. The fraction of sp³-hybridized carbons (Fsp3) is 0.379. The van der Waals surface area contributed by atoms with Crippen molar-refractivity contribution in [2.24, 2.45) is 5.41 Å². The highest BCUT2D eigenvalue weighted by Gasteiger charge is 2.68. The smallest absolute Gasteiger partial charge is 0.340 e. The zero-order valence-corrected chi connectivity index (χ0v) is 22.2. The molecule has 206 valence electrons. The van der Waals surface area contributed by atoms with Crippen LogP contribution in [0.2, 0.25) is 0 Å². The van der Waals surface area contributed by atoms with Crippen molar-refractivity contribution in [3.05, 3.63) is 59.2 Å². The molecule has 6 rings (SSSR count). The van der Waals surface area contributed by atoms with Gasteiger partial charge in [-0.05, 0) is 76.3 Å². The Bertz CT molecular complexity index is 1740. The monoisotopic (exact) mass is 550 g/mol. The van der Waals surface area contributed by atoms with Crippen LogP contribution in [0.3, 0.4) is 0 Å². The van der Waals surface area contributed by atoms with Crippen LogP contribution in [0, 0.1) is 30.0 Å². The fourth-order valence-electron chi connectivity index (χ4n) is 5.36. The highest BCUT2D eigenvalue weighted by Crippen LogP contribution is 2.57. The maximum atomic E-state index is 15.3. The quantitative estimate of drug-likeness (QED) is 0.273. The number of rotatable bonds is 3. The first-order chi connectivity index (χ1) is 18.9. The van der Waals surface area contributed by atoms with Gasteiger partial charge in [-0.25, -0.2) is 4.39 Å². The molecule has 1 fully saturated rings. The molecule has 1 aliphatic heterocycles. The first-order valence-electron chi connectivity index (χ1n) is 13.0. The van der Waals surface area contributed by atoms with E-state index in [1.165, 1.54) is 6.07 Å². The van der Waals surface area contributed by atoms with E-state index < -0.39 is 28.9 Å². The lowest BCUT2D eigenvalue weighted by molar-refractivity contribution is -0.192. The van der Waals surface area contributed by atoms with Gasteiger partial charge in [0, 0.05) is 17.8 Å². The van der Waals surface area contributed by atoms with E-state index in [-0.39, 0.29) is 12.8 Å². The van der Waals surface area contributed by atoms with Crippen molar-refractivity contribution in [3.63, 3.8) is 0 Å². The maximum absolute atomic E-state index is 15.3. The van der Waals surface area contributed by atoms with Crippen molar-refractivity contribution < 1.29 is 22.4 Å². The van der Waals surface area contributed by atoms with E-state index in [1.54, 1.807) is 37.3 Å². The number of hydrogen-bond donors (Lipinski definition) is 1. The Morgan fingerprint density at radius 1 is 1.10 bits per heavy atom. The lowest BCUT2D eigenvalue weighted by Gasteiger charge is -2.32. The van der Waals surface area contributed by atoms with E-state index in [9.17, 15) is 18.0 Å². The van der Waals surface area contributed by atoms with E-state index in [0.29, 0.717) is 46.9 Å². The molecule has 3 heterocycles. The van der Waals surface area contributed by atoms with Gasteiger partial charge in [-0.15, -0.1) is 10.2 Å². The molecular weight excluding hydrogens is 524 g/mol. The molecule has 1 saturated carbocycles. The standard InChI is InChI=1S/C29H26F4N6O/c1-17-36-37-26-34-24(23-20(30)9-5-11-22(23)39(17)26)38-16-6-8-19-18(7-4-10-21(19)38)12-13-27(2,3)35-25(40)28(14-15-28)29(31,32)33/h4-5,7,9-11H,6,8,14-16H2,1-3H3,(H,35,40). The van der Waals surface area contributed by atoms with Crippen molar-refractivity contribution in [1.29, 1.82) is 0 Å². The highest BCUT2D eigenvalue weighted by atomic mass is 19.4. The summed E-state index contributed by atoms with van der Waals surface area (Å²) >= 11 is 0. The second-order valence-corrected chi connectivity index (χ2v) is 10.9. The Kier molecular flexibility index (Phi) is 5.80. The Balaban J connectivity index is 1.38. The molecule has 7 nitrogen and oxygen atoms in total. The van der Waals surface area contributed by atoms with Gasteiger partial charge in [0.05, 0.1) is 16.4 Å². The average Bonchev–Trinajstić information content (AvgIpc) is 3.65. The molecule has 4 aromatic rings. The van der Waals surface area contributed by atoms with E-state index >= 15 is 4.39 Å². The van der Waals surface area contributed by atoms with E-state index in [4.69, 9.17) is 4.98 Å². The number of carbonyl (C=O) groups is 1. The number of fused-ring (bicyclic) bond motifs is 4. The van der Waals surface area contributed by atoms with Crippen LogP contribution < -0.4 is 10.2 Å². The summed E-state index contributed by atoms with van der Waals surface area (Å²) in [4.78, 5) is 19.2. The number of halogens is 4. The Morgan fingerprint density at radius 3 is 2.58 bits per heavy atom. The Labute approximate surface area is 227 Å². The van der Waals surface area contributed by atoms with Crippen LogP contribution in [0.4, 0.5) is 29.1 Å². The van der Waals surface area contributed by atoms with Crippen molar-refractivity contribution in [1.82, 2.24) is 24.9 Å². The summed E-state index contributed by atoms with van der Waals surface area (Å²) in [5.74, 6) is 5.98. The molecule has 1 amide bonds. The minimum Gasteiger partial charge on any atom is -0.340 e. The summed E-state index contributed by atoms with van der Waals surface area (Å²) in [6.45, 7) is 5.54. The lowest BCUT2D eigenvalue weighted by atomic mass is 9.95. The van der Waals surface area contributed by atoms with Gasteiger partial charge < -0.3 is 10.2 Å². The van der Waals surface area contributed by atoms with Gasteiger partial charge in [0.25, 0.3) is 5.78 Å². The summed E-state index contributed by atoms with van der Waals surface area (Å²) in [6.07, 6.45) is -3.56. The van der Waals surface area contributed by atoms with Crippen LogP contribution in [-0.4, -0.2) is 43.7 Å². The second-order valence-electron chi connectivity index (χ2n) is 10.9. The van der Waals surface area contributed by atoms with Crippen LogP contribution in [-0.2, 0) is 11.2 Å². The van der Waals surface area contributed by atoms with Crippen LogP contribution >= 0.6 is 0 Å². The molecule has 0 radical (unpaired) electrons. The molecule has 0 spiro atoms. The summed E-state index contributed by atoms with van der Waals surface area (Å²) in [6, 6.07) is 10.4. The van der Waals surface area contributed by atoms with Gasteiger partial charge >= 0.3 is 6.18 Å². The zero-order valence-electron chi connectivity index (χ0n) is 22.2. The molecular formula is C29H26F4N6O. The van der Waals surface area contributed by atoms with Crippen molar-refractivity contribution in [2.75, 3.05) is 11.4 Å². The predicted octanol–water partition coefficient (Wildman–Crippen LogP) is 5.40. The molecule has 11 heteroatoms. The number of amides is 1. The van der Waals surface area contributed by atoms with Crippen molar-refractivity contribution in [2.45, 2.75) is 58.2 Å². The molecule has 1 aliphatic carbocycles. The molecule has 1 N–H and O–H groups in total. The largest absolute Gasteiger partial charge is 0.403 e. The number of carbonyl (C=O) groups excluding carboxylic acids is 1. The molecule has 0 saturated heterocycles. The molecule has 40 heavy (non-hydrogen) atoms. The van der Waals surface area contributed by atoms with Crippen LogP contribution in [0.1, 0.15) is 50.1 Å². The average molecular weight is 551 g/mol. The number of anilines is 2. The summed E-state index contributed by atoms with van der Waals surface area (Å²) in [7, 11) is 0. The molecule has 0 bridgehead atoms. The number of benzene rings is 2. The number of nitrogens with one attached hydrogen (secondary N) is 1. The van der Waals surface area contributed by atoms with Gasteiger partial charge in [0.15, 0.2) is 0 Å². The van der Waals surface area contributed by atoms with E-state index in [2.05, 4.69) is 27.4 Å². The minimum absolute atomic E-state index is 0.211. The molecule has 2 aromatic carbocycles. The first-order valence-corrected chi connectivity index (χ1v) is 13.0. The SMILES string of the molecule is Cc1nnc2nc(N3CCCc4c(C#CC(C)(C)NC(=O)C5(C(F)(F)F)CC5)cccc43)c3c(F)cccc3n12. The fourth-order valence-corrected chi connectivity index (χ4v) is 5.36. The topological polar surface area (TPSA) is 75.4 Å². The van der Waals surface area contributed by atoms with Gasteiger partial charge in [-0.2, -0.15) is 18.2 Å². The summed E-state index contributed by atoms with van der Waals surface area (Å²) in [5, 5.41) is 11.1. The summed E-state index contributed by atoms with van der Waals surface area (Å²) in [5.41, 5.74) is -0.478. The van der Waals surface area contributed by atoms with Gasteiger partial charge in [0.2, 0.25) is 5.91 Å². The lowest BCUT2D eigenvalue weighted by Crippen LogP contribution is -2.49. The normalized spacial score (nSPS) is 16.4. The van der Waals surface area contributed by atoms with Gasteiger partial charge in [-0.3, -0.25) is 9.20 Å². The number of alkyl halides is 3. The number of aromatic nitrogens is 4. The molecule has 0 atom stereocenters. The third-order valence-corrected chi connectivity index (χ3v) is 7.64. The van der Waals surface area contributed by atoms with Gasteiger partial charge in [-0.1, -0.05) is 24.0 Å². The van der Waals surface area contributed by atoms with Crippen molar-refractivity contribution >= 4 is 34.1 Å². The zero-order chi connectivity index (χ0) is 28.4.